The summed E-state index contributed by atoms with van der Waals surface area (Å²) >= 11 is 0. The number of likely N-dealkylation sites (N-methyl/N-ethyl adjacent to an activating group) is 1. The van der Waals surface area contributed by atoms with Crippen molar-refractivity contribution in [3.8, 4) is 0 Å². The van der Waals surface area contributed by atoms with Gasteiger partial charge in [0.15, 0.2) is 0 Å². The van der Waals surface area contributed by atoms with Gasteiger partial charge in [-0.3, -0.25) is 9.69 Å². The lowest BCUT2D eigenvalue weighted by Crippen LogP contribution is -2.58. The van der Waals surface area contributed by atoms with Gasteiger partial charge in [0, 0.05) is 56.5 Å². The number of likely N-dealkylation sites (tertiary alicyclic amines) is 1. The first-order valence-electron chi connectivity index (χ1n) is 16.1. The fourth-order valence-corrected chi connectivity index (χ4v) is 7.19. The van der Waals surface area contributed by atoms with Crippen LogP contribution in [0.1, 0.15) is 123 Å². The van der Waals surface area contributed by atoms with Crippen molar-refractivity contribution in [1.82, 2.24) is 19.8 Å². The molecule has 1 saturated carbocycles. The van der Waals surface area contributed by atoms with Gasteiger partial charge in [-0.25, -0.2) is 9.97 Å². The molecular weight excluding hydrogens is 470 g/mol. The zero-order valence-corrected chi connectivity index (χ0v) is 24.9. The molecule has 0 N–H and O–H groups in total. The predicted molar refractivity (Wildman–Crippen MR) is 158 cm³/mol. The summed E-state index contributed by atoms with van der Waals surface area (Å²) in [5.74, 6) is 2.64. The molecule has 2 atom stereocenters. The van der Waals surface area contributed by atoms with E-state index in [1.165, 1.54) is 76.4 Å². The van der Waals surface area contributed by atoms with Gasteiger partial charge in [-0.15, -0.1) is 0 Å². The SMILES string of the molecule is CCCCCCCCC(=O)CC1CC(N2CCC(c3cnc(N4C(C)CN(CC)CC4CC)nc3)CC2)C1. The molecule has 1 aromatic rings. The van der Waals surface area contributed by atoms with Crippen molar-refractivity contribution in [2.24, 2.45) is 5.92 Å². The van der Waals surface area contributed by atoms with E-state index in [1.54, 1.807) is 0 Å². The van der Waals surface area contributed by atoms with Crippen molar-refractivity contribution in [3.63, 3.8) is 0 Å². The Morgan fingerprint density at radius 3 is 2.29 bits per heavy atom. The van der Waals surface area contributed by atoms with E-state index in [9.17, 15) is 4.79 Å². The third kappa shape index (κ3) is 7.78. The third-order valence-electron chi connectivity index (χ3n) is 9.72. The van der Waals surface area contributed by atoms with Gasteiger partial charge < -0.3 is 9.80 Å². The number of unbranched alkanes of at least 4 members (excludes halogenated alkanes) is 5. The number of rotatable bonds is 14. The van der Waals surface area contributed by atoms with Crippen LogP contribution in [0, 0.1) is 5.92 Å². The summed E-state index contributed by atoms with van der Waals surface area (Å²) < 4.78 is 0. The van der Waals surface area contributed by atoms with Crippen LogP contribution < -0.4 is 4.90 Å². The van der Waals surface area contributed by atoms with Crippen LogP contribution in [-0.2, 0) is 4.79 Å². The zero-order chi connectivity index (χ0) is 26.9. The van der Waals surface area contributed by atoms with Crippen LogP contribution in [0.5, 0.6) is 0 Å². The van der Waals surface area contributed by atoms with E-state index in [-0.39, 0.29) is 0 Å². The smallest absolute Gasteiger partial charge is 0.225 e. The minimum absolute atomic E-state index is 0.444. The highest BCUT2D eigenvalue weighted by Gasteiger charge is 2.36. The largest absolute Gasteiger partial charge is 0.333 e. The van der Waals surface area contributed by atoms with Gasteiger partial charge >= 0.3 is 0 Å². The first-order chi connectivity index (χ1) is 18.5. The van der Waals surface area contributed by atoms with E-state index in [4.69, 9.17) is 9.97 Å². The molecule has 3 heterocycles. The van der Waals surface area contributed by atoms with Crippen LogP contribution in [0.25, 0.3) is 0 Å². The van der Waals surface area contributed by atoms with Gasteiger partial charge in [0.1, 0.15) is 5.78 Å². The highest BCUT2D eigenvalue weighted by molar-refractivity contribution is 5.78. The molecule has 2 unspecified atom stereocenters. The van der Waals surface area contributed by atoms with E-state index in [2.05, 4.69) is 54.8 Å². The number of hydrogen-bond acceptors (Lipinski definition) is 6. The second-order valence-electron chi connectivity index (χ2n) is 12.5. The Balaban J connectivity index is 1.16. The second-order valence-corrected chi connectivity index (χ2v) is 12.5. The maximum absolute atomic E-state index is 12.4. The molecular formula is C32H55N5O. The number of Topliss-reactive ketones (excluding diaryl/α,β-unsaturated/α-hetero) is 1. The number of anilines is 1. The molecule has 214 valence electrons. The monoisotopic (exact) mass is 525 g/mol. The molecule has 0 radical (unpaired) electrons. The number of hydrogen-bond donors (Lipinski definition) is 0. The maximum atomic E-state index is 12.4. The van der Waals surface area contributed by atoms with Crippen molar-refractivity contribution >= 4 is 11.7 Å². The second kappa shape index (κ2) is 14.7. The average molecular weight is 526 g/mol. The number of piperazine rings is 1. The molecule has 1 aromatic heterocycles. The Kier molecular flexibility index (Phi) is 11.4. The number of carbonyl (C=O) groups is 1. The molecule has 2 saturated heterocycles. The molecule has 0 bridgehead atoms. The number of nitrogens with zero attached hydrogens (tertiary/aromatic N) is 5. The Morgan fingerprint density at radius 2 is 1.63 bits per heavy atom. The van der Waals surface area contributed by atoms with Crippen LogP contribution in [0.3, 0.4) is 0 Å². The van der Waals surface area contributed by atoms with Crippen molar-refractivity contribution in [3.05, 3.63) is 18.0 Å². The zero-order valence-electron chi connectivity index (χ0n) is 24.9. The molecule has 3 fully saturated rings. The fraction of sp³-hybridized carbons (Fsp3) is 0.844. The summed E-state index contributed by atoms with van der Waals surface area (Å²) in [4.78, 5) is 29.9. The highest BCUT2D eigenvalue weighted by atomic mass is 16.1. The molecule has 6 nitrogen and oxygen atoms in total. The maximum Gasteiger partial charge on any atom is 0.225 e. The quantitative estimate of drug-likeness (QED) is 0.260. The Bertz CT molecular complexity index is 831. The minimum atomic E-state index is 0.444. The van der Waals surface area contributed by atoms with Gasteiger partial charge in [-0.2, -0.15) is 0 Å². The summed E-state index contributed by atoms with van der Waals surface area (Å²) in [6.07, 6.45) is 19.4. The molecule has 0 spiro atoms. The van der Waals surface area contributed by atoms with Gasteiger partial charge in [0.05, 0.1) is 0 Å². The molecule has 38 heavy (non-hydrogen) atoms. The number of piperidine rings is 1. The molecule has 1 aliphatic carbocycles. The lowest BCUT2D eigenvalue weighted by molar-refractivity contribution is -0.121. The average Bonchev–Trinajstić information content (AvgIpc) is 2.92. The Morgan fingerprint density at radius 1 is 0.947 bits per heavy atom. The molecule has 2 aliphatic heterocycles. The lowest BCUT2D eigenvalue weighted by Gasteiger charge is -2.46. The number of ketones is 1. The summed E-state index contributed by atoms with van der Waals surface area (Å²) in [5, 5.41) is 0. The Hall–Kier alpha value is -1.53. The van der Waals surface area contributed by atoms with Crippen LogP contribution in [0.4, 0.5) is 5.95 Å². The molecule has 6 heteroatoms. The van der Waals surface area contributed by atoms with Crippen LogP contribution >= 0.6 is 0 Å². The van der Waals surface area contributed by atoms with Crippen molar-refractivity contribution < 1.29 is 4.79 Å². The number of carbonyl (C=O) groups excluding carboxylic acids is 1. The van der Waals surface area contributed by atoms with E-state index >= 15 is 0 Å². The summed E-state index contributed by atoms with van der Waals surface area (Å²) in [5.41, 5.74) is 1.31. The van der Waals surface area contributed by atoms with Crippen LogP contribution in [-0.4, -0.2) is 76.4 Å². The van der Waals surface area contributed by atoms with Crippen LogP contribution in [0.15, 0.2) is 12.4 Å². The summed E-state index contributed by atoms with van der Waals surface area (Å²) in [6.45, 7) is 14.8. The topological polar surface area (TPSA) is 52.6 Å². The molecule has 4 rings (SSSR count). The van der Waals surface area contributed by atoms with Crippen molar-refractivity contribution in [2.45, 2.75) is 135 Å². The summed E-state index contributed by atoms with van der Waals surface area (Å²) in [7, 11) is 0. The predicted octanol–water partition coefficient (Wildman–Crippen LogP) is 6.45. The van der Waals surface area contributed by atoms with Crippen molar-refractivity contribution in [1.29, 1.82) is 0 Å². The van der Waals surface area contributed by atoms with Gasteiger partial charge in [0.25, 0.3) is 0 Å². The number of aromatic nitrogens is 2. The van der Waals surface area contributed by atoms with E-state index < -0.39 is 0 Å². The summed E-state index contributed by atoms with van der Waals surface area (Å²) in [6, 6.07) is 1.64. The van der Waals surface area contributed by atoms with E-state index in [0.717, 1.165) is 51.3 Å². The Labute approximate surface area is 233 Å². The fourth-order valence-electron chi connectivity index (χ4n) is 7.19. The van der Waals surface area contributed by atoms with Gasteiger partial charge in [-0.05, 0) is 82.5 Å². The van der Waals surface area contributed by atoms with Gasteiger partial charge in [-0.1, -0.05) is 52.9 Å². The van der Waals surface area contributed by atoms with E-state index in [1.807, 2.05) is 0 Å². The first-order valence-corrected chi connectivity index (χ1v) is 16.1. The highest BCUT2D eigenvalue weighted by Crippen LogP contribution is 2.38. The standard InChI is InChI=1S/C32H55N5O/c1-5-8-9-10-11-12-13-31(38)20-26-18-30(19-26)36-16-14-27(15-17-36)28-21-33-32(34-22-28)37-25(4)23-35(7-3)24-29(37)6-2/h21-22,25-27,29-30H,5-20,23-24H2,1-4H3. The lowest BCUT2D eigenvalue weighted by atomic mass is 9.75. The first kappa shape index (κ1) is 29.5. The van der Waals surface area contributed by atoms with E-state index in [0.29, 0.717) is 35.7 Å². The van der Waals surface area contributed by atoms with Gasteiger partial charge in [0.2, 0.25) is 5.95 Å². The molecule has 0 aromatic carbocycles. The molecule has 0 amide bonds. The third-order valence-corrected chi connectivity index (χ3v) is 9.72. The molecule has 3 aliphatic rings. The van der Waals surface area contributed by atoms with Crippen molar-refractivity contribution in [2.75, 3.05) is 37.6 Å². The minimum Gasteiger partial charge on any atom is -0.333 e. The van der Waals surface area contributed by atoms with Crippen LogP contribution in [0.2, 0.25) is 0 Å². The normalized spacial score (nSPS) is 27.4.